The molecule has 0 unspecified atom stereocenters. The number of rotatable bonds is 4. The highest BCUT2D eigenvalue weighted by Gasteiger charge is 2.35. The van der Waals surface area contributed by atoms with Gasteiger partial charge >= 0.3 is 0 Å². The second kappa shape index (κ2) is 14.9. The number of nitrogens with zero attached hydrogens (tertiary/aromatic N) is 5. The quantitative estimate of drug-likeness (QED) is 0.175. The normalized spacial score (nSPS) is 12.2. The molecule has 8 nitrogen and oxygen atoms in total. The molecule has 0 aliphatic heterocycles. The van der Waals surface area contributed by atoms with Crippen molar-refractivity contribution in [3.8, 4) is 40.3 Å². The van der Waals surface area contributed by atoms with Crippen molar-refractivity contribution in [1.29, 1.82) is 10.5 Å². The second-order valence-electron chi connectivity index (χ2n) is 19.6. The average molecular weight is 970 g/mol. The molecule has 0 N–H and O–H groups in total. The van der Waals surface area contributed by atoms with Gasteiger partial charge in [0.15, 0.2) is 16.7 Å². The van der Waals surface area contributed by atoms with Crippen LogP contribution in [0.5, 0.6) is 0 Å². The van der Waals surface area contributed by atoms with E-state index in [1.807, 2.05) is 97.1 Å². The summed E-state index contributed by atoms with van der Waals surface area (Å²) in [5, 5.41) is 36.3. The fraction of sp³-hybridized carbons (Fsp3) is 0. The van der Waals surface area contributed by atoms with Gasteiger partial charge < -0.3 is 27.0 Å². The summed E-state index contributed by atoms with van der Waals surface area (Å²) in [7, 11) is 0. The van der Waals surface area contributed by atoms with Crippen LogP contribution in [0.25, 0.3) is 159 Å². The van der Waals surface area contributed by atoms with Gasteiger partial charge in [-0.15, -0.1) is 0 Å². The Hall–Kier alpha value is -10.8. The summed E-state index contributed by atoms with van der Waals surface area (Å²) in [5.74, 6) is 0. The van der Waals surface area contributed by atoms with Crippen molar-refractivity contribution >= 4 is 131 Å². The van der Waals surface area contributed by atoms with E-state index in [4.69, 9.17) is 13.3 Å². The summed E-state index contributed by atoms with van der Waals surface area (Å²) in [6.45, 7) is 0. The average Bonchev–Trinajstić information content (AvgIpc) is 4.48. The first-order valence-corrected chi connectivity index (χ1v) is 25.3. The van der Waals surface area contributed by atoms with Crippen molar-refractivity contribution in [1.82, 2.24) is 13.7 Å². The minimum Gasteiger partial charge on any atom is -0.454 e. The Morgan fingerprint density at radius 2 is 0.592 bits per heavy atom. The molecule has 17 rings (SSSR count). The molecule has 0 aliphatic carbocycles. The fourth-order valence-electron chi connectivity index (χ4n) is 12.9. The van der Waals surface area contributed by atoms with Gasteiger partial charge in [0.25, 0.3) is 0 Å². The van der Waals surface area contributed by atoms with Crippen LogP contribution in [-0.2, 0) is 0 Å². The van der Waals surface area contributed by atoms with Crippen LogP contribution in [0.15, 0.2) is 226 Å². The van der Waals surface area contributed by atoms with E-state index in [1.54, 1.807) is 0 Å². The minimum absolute atomic E-state index is 0.188. The van der Waals surface area contributed by atoms with Crippen LogP contribution in [-0.4, -0.2) is 13.7 Å². The van der Waals surface area contributed by atoms with Crippen molar-refractivity contribution in [2.45, 2.75) is 0 Å². The number of benzene rings is 11. The van der Waals surface area contributed by atoms with Gasteiger partial charge in [-0.05, 0) is 60.2 Å². The Morgan fingerprint density at radius 3 is 1.00 bits per heavy atom. The first kappa shape index (κ1) is 40.8. The van der Waals surface area contributed by atoms with Gasteiger partial charge in [-0.2, -0.15) is 10.5 Å². The van der Waals surface area contributed by atoms with E-state index in [2.05, 4.69) is 141 Å². The Bertz CT molecular complexity index is 5510. The molecule has 0 amide bonds. The molecule has 0 aliphatic rings. The fourth-order valence-corrected chi connectivity index (χ4v) is 12.9. The summed E-state index contributed by atoms with van der Waals surface area (Å²) in [5.41, 5.74) is 13.0. The van der Waals surface area contributed by atoms with Gasteiger partial charge in [0.1, 0.15) is 28.9 Å². The number of aromatic nitrogens is 3. The van der Waals surface area contributed by atoms with E-state index in [9.17, 15) is 10.5 Å². The molecule has 11 aromatic carbocycles. The lowest BCUT2D eigenvalue weighted by Crippen LogP contribution is -2.14. The van der Waals surface area contributed by atoms with Crippen molar-refractivity contribution in [3.05, 3.63) is 223 Å². The Kier molecular flexibility index (Phi) is 7.99. The monoisotopic (exact) mass is 969 g/mol. The highest BCUT2D eigenvalue weighted by molar-refractivity contribution is 6.26. The molecule has 76 heavy (non-hydrogen) atoms. The first-order valence-electron chi connectivity index (χ1n) is 25.3. The molecule has 0 atom stereocenters. The molecule has 0 spiro atoms. The van der Waals surface area contributed by atoms with Crippen LogP contribution in [0, 0.1) is 22.7 Å². The van der Waals surface area contributed by atoms with Gasteiger partial charge in [-0.25, -0.2) is 0 Å². The summed E-state index contributed by atoms with van der Waals surface area (Å²) in [4.78, 5) is 0. The molecular weight excluding hydrogens is 935 g/mol. The van der Waals surface area contributed by atoms with E-state index in [1.165, 1.54) is 0 Å². The number of nitriles is 2. The maximum absolute atomic E-state index is 12.4. The van der Waals surface area contributed by atoms with Gasteiger partial charge in [0, 0.05) is 70.2 Å². The zero-order chi connectivity index (χ0) is 49.9. The summed E-state index contributed by atoms with van der Waals surface area (Å²) in [6, 6.07) is 78.2. The van der Waals surface area contributed by atoms with Crippen LogP contribution in [0.4, 0.5) is 0 Å². The topological polar surface area (TPSA) is 102 Å². The maximum Gasteiger partial charge on any atom is 0.160 e. The number of furan rings is 3. The van der Waals surface area contributed by atoms with Crippen LogP contribution >= 0.6 is 0 Å². The van der Waals surface area contributed by atoms with Gasteiger partial charge in [0.05, 0.1) is 61.3 Å². The summed E-state index contributed by atoms with van der Waals surface area (Å²) in [6.07, 6.45) is 0. The van der Waals surface area contributed by atoms with Crippen molar-refractivity contribution < 1.29 is 13.3 Å². The first-order chi connectivity index (χ1) is 37.7. The molecule has 0 bridgehead atoms. The summed E-state index contributed by atoms with van der Waals surface area (Å²) < 4.78 is 27.8. The molecule has 8 heteroatoms. The van der Waals surface area contributed by atoms with Crippen molar-refractivity contribution in [2.75, 3.05) is 0 Å². The molecule has 6 aromatic heterocycles. The zero-order valence-corrected chi connectivity index (χ0v) is 40.2. The van der Waals surface area contributed by atoms with Gasteiger partial charge in [-0.1, -0.05) is 158 Å². The Labute approximate surface area is 430 Å². The van der Waals surface area contributed by atoms with E-state index in [0.717, 1.165) is 126 Å². The van der Waals surface area contributed by atoms with Crippen molar-refractivity contribution in [3.63, 3.8) is 0 Å². The van der Waals surface area contributed by atoms with Crippen LogP contribution < -0.4 is 0 Å². The standard InChI is InChI=1S/C68H35N5O3/c69-36-51-52(37-70)61(72-54-25-11-5-19-40(54)46-31-34-49-43-22-8-14-28-57(43)75-67(49)63(46)72)65(73-55-26-12-6-20-41(55)47-32-35-50-44-23-9-15-29-58(44)76-68(50)64(47)73)59(38-16-2-1-3-17-38)60(51)71-53-24-10-4-18-39(53)45-30-33-48-42-21-7-13-27-56(42)74-66(48)62(45)71/h1-35H. The lowest BCUT2D eigenvalue weighted by Gasteiger charge is -2.26. The highest BCUT2D eigenvalue weighted by atomic mass is 16.3. The second-order valence-corrected chi connectivity index (χ2v) is 19.6. The third-order valence-electron chi connectivity index (χ3n) is 15.9. The largest absolute Gasteiger partial charge is 0.454 e. The SMILES string of the molecule is N#Cc1c(C#N)c(-n2c3ccccc3c3ccc4c5ccccc5oc4c32)c(-n2c3ccccc3c3ccc4c5ccccc5oc4c32)c(-c2ccccc2)c1-n1c2ccccc2c2ccc3c4ccccc4oc3c21. The predicted octanol–water partition coefficient (Wildman–Crippen LogP) is 18.1. The summed E-state index contributed by atoms with van der Waals surface area (Å²) >= 11 is 0. The molecule has 17 aromatic rings. The third-order valence-corrected chi connectivity index (χ3v) is 15.9. The van der Waals surface area contributed by atoms with E-state index in [0.29, 0.717) is 33.8 Å². The van der Waals surface area contributed by atoms with E-state index >= 15 is 0 Å². The van der Waals surface area contributed by atoms with Gasteiger partial charge in [0.2, 0.25) is 0 Å². The lowest BCUT2D eigenvalue weighted by molar-refractivity contribution is 0.670. The molecule has 0 radical (unpaired) electrons. The molecule has 0 saturated heterocycles. The number of para-hydroxylation sites is 6. The molecule has 0 fully saturated rings. The van der Waals surface area contributed by atoms with Crippen LogP contribution in [0.3, 0.4) is 0 Å². The molecule has 350 valence electrons. The minimum atomic E-state index is 0.188. The smallest absolute Gasteiger partial charge is 0.160 e. The lowest BCUT2D eigenvalue weighted by atomic mass is 9.91. The molecule has 6 heterocycles. The Balaban J connectivity index is 1.20. The molecule has 0 saturated carbocycles. The third kappa shape index (κ3) is 5.14. The number of hydrogen-bond acceptors (Lipinski definition) is 5. The zero-order valence-electron chi connectivity index (χ0n) is 40.2. The van der Waals surface area contributed by atoms with Crippen LogP contribution in [0.2, 0.25) is 0 Å². The van der Waals surface area contributed by atoms with E-state index < -0.39 is 0 Å². The number of fused-ring (bicyclic) bond motifs is 21. The van der Waals surface area contributed by atoms with Gasteiger partial charge in [-0.3, -0.25) is 0 Å². The van der Waals surface area contributed by atoms with Crippen molar-refractivity contribution in [2.24, 2.45) is 0 Å². The maximum atomic E-state index is 12.4. The Morgan fingerprint density at radius 1 is 0.276 bits per heavy atom. The number of hydrogen-bond donors (Lipinski definition) is 0. The predicted molar refractivity (Wildman–Crippen MR) is 306 cm³/mol. The van der Waals surface area contributed by atoms with E-state index in [-0.39, 0.29) is 11.1 Å². The molecular formula is C68H35N5O3. The van der Waals surface area contributed by atoms with Crippen LogP contribution in [0.1, 0.15) is 11.1 Å². The highest BCUT2D eigenvalue weighted by Crippen LogP contribution is 2.52.